The van der Waals surface area contributed by atoms with E-state index in [1.807, 2.05) is 36.4 Å². The van der Waals surface area contributed by atoms with Gasteiger partial charge in [0.25, 0.3) is 0 Å². The quantitative estimate of drug-likeness (QED) is 0.608. The summed E-state index contributed by atoms with van der Waals surface area (Å²) in [4.78, 5) is 20.7. The second-order valence-electron chi connectivity index (χ2n) is 5.14. The number of hydrogen-bond acceptors (Lipinski definition) is 4. The minimum Gasteiger partial charge on any atom is -0.345 e. The van der Waals surface area contributed by atoms with E-state index < -0.39 is 0 Å². The fourth-order valence-electron chi connectivity index (χ4n) is 2.44. The van der Waals surface area contributed by atoms with Crippen LogP contribution in [0.3, 0.4) is 0 Å². The number of halogens is 1. The van der Waals surface area contributed by atoms with Crippen molar-refractivity contribution < 1.29 is 0 Å². The molecule has 0 amide bonds. The van der Waals surface area contributed by atoms with Gasteiger partial charge in [0.1, 0.15) is 5.82 Å². The number of nitrogens with one attached hydrogen (secondary N) is 1. The molecule has 3 heterocycles. The summed E-state index contributed by atoms with van der Waals surface area (Å²) in [6.07, 6.45) is 8.71. The van der Waals surface area contributed by atoms with Crippen molar-refractivity contribution in [1.29, 1.82) is 0 Å². The number of hydrogen-bond donors (Lipinski definition) is 1. The fourth-order valence-corrected chi connectivity index (χ4v) is 2.56. The smallest absolute Gasteiger partial charge is 0.159 e. The van der Waals surface area contributed by atoms with Crippen LogP contribution in [0.2, 0.25) is 5.02 Å². The van der Waals surface area contributed by atoms with Crippen molar-refractivity contribution >= 4 is 11.6 Å². The van der Waals surface area contributed by atoms with E-state index in [2.05, 4.69) is 19.9 Å². The van der Waals surface area contributed by atoms with E-state index in [1.165, 1.54) is 0 Å². The highest BCUT2D eigenvalue weighted by atomic mass is 35.5. The number of aromatic nitrogens is 5. The van der Waals surface area contributed by atoms with Crippen molar-refractivity contribution in [3.63, 3.8) is 0 Å². The van der Waals surface area contributed by atoms with Crippen LogP contribution < -0.4 is 0 Å². The van der Waals surface area contributed by atoms with Gasteiger partial charge >= 0.3 is 0 Å². The molecule has 0 aliphatic rings. The average Bonchev–Trinajstić information content (AvgIpc) is 3.17. The molecule has 6 heteroatoms. The van der Waals surface area contributed by atoms with E-state index in [4.69, 9.17) is 16.6 Å². The zero-order valence-corrected chi connectivity index (χ0v) is 13.3. The summed E-state index contributed by atoms with van der Waals surface area (Å²) in [5, 5.41) is 0.682. The van der Waals surface area contributed by atoms with Crippen LogP contribution in [0.4, 0.5) is 0 Å². The van der Waals surface area contributed by atoms with Crippen LogP contribution in [0, 0.1) is 0 Å². The Balaban J connectivity index is 1.91. The normalized spacial score (nSPS) is 10.7. The number of imidazole rings is 1. The summed E-state index contributed by atoms with van der Waals surface area (Å²) >= 11 is 6.01. The van der Waals surface area contributed by atoms with Gasteiger partial charge in [-0.05, 0) is 24.3 Å². The molecule has 1 aromatic carbocycles. The Bertz CT molecular complexity index is 951. The molecule has 0 atom stereocenters. The maximum absolute atomic E-state index is 6.01. The molecular formula is C18H12ClN5. The van der Waals surface area contributed by atoms with Gasteiger partial charge in [-0.1, -0.05) is 23.7 Å². The number of H-pyrrole nitrogens is 1. The van der Waals surface area contributed by atoms with Crippen molar-refractivity contribution in [2.75, 3.05) is 0 Å². The molecule has 3 aromatic heterocycles. The van der Waals surface area contributed by atoms with Gasteiger partial charge in [-0.25, -0.2) is 15.0 Å². The number of pyridine rings is 1. The standard InChI is InChI=1S/C18H12ClN5/c19-14-3-1-12(2-4-14)16-15(18-21-9-10-22-18)11-23-17(24-16)13-5-7-20-8-6-13/h1-11H,(H,21,22). The van der Waals surface area contributed by atoms with Gasteiger partial charge < -0.3 is 4.98 Å². The van der Waals surface area contributed by atoms with Crippen LogP contribution in [0.15, 0.2) is 67.4 Å². The van der Waals surface area contributed by atoms with E-state index in [9.17, 15) is 0 Å². The van der Waals surface area contributed by atoms with Crippen molar-refractivity contribution in [3.8, 4) is 34.0 Å². The Morgan fingerprint density at radius 1 is 0.833 bits per heavy atom. The van der Waals surface area contributed by atoms with Crippen molar-refractivity contribution in [1.82, 2.24) is 24.9 Å². The minimum absolute atomic E-state index is 0.637. The van der Waals surface area contributed by atoms with E-state index in [0.29, 0.717) is 10.8 Å². The highest BCUT2D eigenvalue weighted by Gasteiger charge is 2.14. The van der Waals surface area contributed by atoms with Gasteiger partial charge in [-0.3, -0.25) is 4.98 Å². The molecule has 0 radical (unpaired) electrons. The van der Waals surface area contributed by atoms with E-state index in [-0.39, 0.29) is 0 Å². The van der Waals surface area contributed by atoms with Crippen LogP contribution in [-0.4, -0.2) is 24.9 Å². The lowest BCUT2D eigenvalue weighted by Crippen LogP contribution is -1.97. The topological polar surface area (TPSA) is 67.3 Å². The maximum atomic E-state index is 6.01. The molecule has 0 aliphatic heterocycles. The molecule has 0 saturated heterocycles. The molecule has 0 spiro atoms. The Morgan fingerprint density at radius 2 is 1.62 bits per heavy atom. The van der Waals surface area contributed by atoms with Crippen molar-refractivity contribution in [2.45, 2.75) is 0 Å². The van der Waals surface area contributed by atoms with E-state index in [1.54, 1.807) is 31.0 Å². The summed E-state index contributed by atoms with van der Waals surface area (Å²) in [6, 6.07) is 11.3. The summed E-state index contributed by atoms with van der Waals surface area (Å²) in [7, 11) is 0. The number of nitrogens with zero attached hydrogens (tertiary/aromatic N) is 4. The summed E-state index contributed by atoms with van der Waals surface area (Å²) in [5.41, 5.74) is 3.48. The molecule has 4 aromatic rings. The summed E-state index contributed by atoms with van der Waals surface area (Å²) in [6.45, 7) is 0. The first-order valence-electron chi connectivity index (χ1n) is 7.34. The molecule has 4 rings (SSSR count). The first-order valence-corrected chi connectivity index (χ1v) is 7.72. The third-order valence-corrected chi connectivity index (χ3v) is 3.85. The largest absolute Gasteiger partial charge is 0.345 e. The number of rotatable bonds is 3. The highest BCUT2D eigenvalue weighted by molar-refractivity contribution is 6.30. The molecule has 0 bridgehead atoms. The average molecular weight is 334 g/mol. The van der Waals surface area contributed by atoms with Gasteiger partial charge in [0.2, 0.25) is 0 Å². The maximum Gasteiger partial charge on any atom is 0.159 e. The lowest BCUT2D eigenvalue weighted by atomic mass is 10.1. The van der Waals surface area contributed by atoms with Gasteiger partial charge in [-0.15, -0.1) is 0 Å². The second kappa shape index (κ2) is 6.22. The van der Waals surface area contributed by atoms with Crippen LogP contribution in [0.1, 0.15) is 0 Å². The van der Waals surface area contributed by atoms with Crippen LogP contribution >= 0.6 is 11.6 Å². The number of aromatic amines is 1. The van der Waals surface area contributed by atoms with Crippen molar-refractivity contribution in [3.05, 3.63) is 72.4 Å². The van der Waals surface area contributed by atoms with Crippen LogP contribution in [0.25, 0.3) is 34.0 Å². The summed E-state index contributed by atoms with van der Waals surface area (Å²) < 4.78 is 0. The Hall–Kier alpha value is -3.05. The molecule has 1 N–H and O–H groups in total. The predicted molar refractivity (Wildman–Crippen MR) is 93.3 cm³/mol. The molecule has 0 saturated carbocycles. The van der Waals surface area contributed by atoms with Crippen LogP contribution in [0.5, 0.6) is 0 Å². The molecular weight excluding hydrogens is 322 g/mol. The van der Waals surface area contributed by atoms with Crippen LogP contribution in [-0.2, 0) is 0 Å². The molecule has 116 valence electrons. The van der Waals surface area contributed by atoms with Gasteiger partial charge in [0, 0.05) is 47.1 Å². The minimum atomic E-state index is 0.637. The third-order valence-electron chi connectivity index (χ3n) is 3.60. The van der Waals surface area contributed by atoms with Crippen molar-refractivity contribution in [2.24, 2.45) is 0 Å². The molecule has 0 unspecified atom stereocenters. The first-order chi connectivity index (χ1) is 11.8. The Labute approximate surface area is 143 Å². The fraction of sp³-hybridized carbons (Fsp3) is 0. The lowest BCUT2D eigenvalue weighted by Gasteiger charge is -2.09. The SMILES string of the molecule is Clc1ccc(-c2nc(-c3ccncc3)ncc2-c2ncc[nH]2)cc1. The Kier molecular flexibility index (Phi) is 3.76. The second-order valence-corrected chi connectivity index (χ2v) is 5.57. The third kappa shape index (κ3) is 2.77. The highest BCUT2D eigenvalue weighted by Crippen LogP contribution is 2.30. The zero-order chi connectivity index (χ0) is 16.4. The summed E-state index contributed by atoms with van der Waals surface area (Å²) in [5.74, 6) is 1.36. The molecule has 5 nitrogen and oxygen atoms in total. The lowest BCUT2D eigenvalue weighted by molar-refractivity contribution is 1.16. The molecule has 0 fully saturated rings. The van der Waals surface area contributed by atoms with Gasteiger partial charge in [-0.2, -0.15) is 0 Å². The van der Waals surface area contributed by atoms with Gasteiger partial charge in [0.15, 0.2) is 5.82 Å². The van der Waals surface area contributed by atoms with Gasteiger partial charge in [0.05, 0.1) is 11.3 Å². The Morgan fingerprint density at radius 3 is 2.33 bits per heavy atom. The molecule has 0 aliphatic carbocycles. The zero-order valence-electron chi connectivity index (χ0n) is 12.5. The van der Waals surface area contributed by atoms with E-state index in [0.717, 1.165) is 28.2 Å². The first kappa shape index (κ1) is 14.5. The van der Waals surface area contributed by atoms with E-state index >= 15 is 0 Å². The number of benzene rings is 1. The predicted octanol–water partition coefficient (Wildman–Crippen LogP) is 4.25. The monoisotopic (exact) mass is 333 g/mol. The molecule has 24 heavy (non-hydrogen) atoms.